The van der Waals surface area contributed by atoms with Crippen LogP contribution in [-0.2, 0) is 6.42 Å². The fraction of sp³-hybridized carbons (Fsp3) is 0.304. The molecule has 2 aliphatic rings. The van der Waals surface area contributed by atoms with Gasteiger partial charge in [0.2, 0.25) is 0 Å². The lowest BCUT2D eigenvalue weighted by molar-refractivity contribution is 0.235. The average Bonchev–Trinajstić information content (AvgIpc) is 2.79. The van der Waals surface area contributed by atoms with Gasteiger partial charge in [-0.3, -0.25) is 9.79 Å². The number of rotatable bonds is 3. The van der Waals surface area contributed by atoms with E-state index < -0.39 is 0 Å². The maximum Gasteiger partial charge on any atom is 0.301 e. The molecule has 0 atom stereocenters. The summed E-state index contributed by atoms with van der Waals surface area (Å²) >= 11 is 1.28. The van der Waals surface area contributed by atoms with E-state index in [-0.39, 0.29) is 5.24 Å². The van der Waals surface area contributed by atoms with Crippen LogP contribution in [0.25, 0.3) is 0 Å². The van der Waals surface area contributed by atoms with Crippen LogP contribution in [0.15, 0.2) is 52.6 Å². The molecule has 0 bridgehead atoms. The third kappa shape index (κ3) is 3.96. The minimum Gasteiger partial charge on any atom is -0.326 e. The first kappa shape index (κ1) is 20.2. The van der Waals surface area contributed by atoms with Crippen LogP contribution in [0, 0.1) is 11.3 Å². The summed E-state index contributed by atoms with van der Waals surface area (Å²) in [6.07, 6.45) is 2.04. The predicted molar refractivity (Wildman–Crippen MR) is 122 cm³/mol. The zero-order valence-corrected chi connectivity index (χ0v) is 17.9. The van der Waals surface area contributed by atoms with Gasteiger partial charge in [0.1, 0.15) is 5.84 Å². The normalized spacial score (nSPS) is 16.8. The number of fused-ring (bicyclic) bond motifs is 1. The minimum atomic E-state index is -0.0225. The Kier molecular flexibility index (Phi) is 5.86. The molecule has 30 heavy (non-hydrogen) atoms. The Morgan fingerprint density at radius 3 is 2.77 bits per heavy atom. The fourth-order valence-corrected chi connectivity index (χ4v) is 4.50. The Bertz CT molecular complexity index is 1070. The maximum absolute atomic E-state index is 11.7. The lowest BCUT2D eigenvalue weighted by atomic mass is 9.97. The number of amidine groups is 1. The second-order valence-corrected chi connectivity index (χ2v) is 8.14. The van der Waals surface area contributed by atoms with E-state index in [1.807, 2.05) is 31.2 Å². The first-order valence-electron chi connectivity index (χ1n) is 10.0. The van der Waals surface area contributed by atoms with Gasteiger partial charge in [-0.05, 0) is 67.3 Å². The van der Waals surface area contributed by atoms with E-state index in [0.29, 0.717) is 17.9 Å². The van der Waals surface area contributed by atoms with Crippen LogP contribution in [0.5, 0.6) is 0 Å². The molecule has 4 rings (SSSR count). The van der Waals surface area contributed by atoms with E-state index in [1.165, 1.54) is 22.3 Å². The Hall–Kier alpha value is -3.11. The molecular formula is C23H23N5OS. The minimum absolute atomic E-state index is 0.0225. The van der Waals surface area contributed by atoms with Crippen LogP contribution >= 0.6 is 11.8 Å². The van der Waals surface area contributed by atoms with Crippen molar-refractivity contribution in [1.29, 1.82) is 5.26 Å². The van der Waals surface area contributed by atoms with Crippen molar-refractivity contribution in [2.45, 2.75) is 19.8 Å². The Labute approximate surface area is 180 Å². The topological polar surface area (TPSA) is 72.1 Å². The van der Waals surface area contributed by atoms with Crippen molar-refractivity contribution in [2.24, 2.45) is 10.1 Å². The number of amides is 1. The smallest absolute Gasteiger partial charge is 0.301 e. The molecule has 0 saturated heterocycles. The predicted octanol–water partition coefficient (Wildman–Crippen LogP) is 4.28. The summed E-state index contributed by atoms with van der Waals surface area (Å²) in [5, 5.41) is 14.9. The highest BCUT2D eigenvalue weighted by atomic mass is 32.2. The van der Waals surface area contributed by atoms with Crippen molar-refractivity contribution in [3.63, 3.8) is 0 Å². The zero-order chi connectivity index (χ0) is 21.1. The highest BCUT2D eigenvalue weighted by molar-refractivity contribution is 8.14. The highest BCUT2D eigenvalue weighted by Crippen LogP contribution is 2.31. The number of carbonyl (C=O) groups excluding carboxylic acids is 1. The molecule has 2 aromatic carbocycles. The number of thioether (sulfide) groups is 1. The second kappa shape index (κ2) is 8.72. The van der Waals surface area contributed by atoms with E-state index in [2.05, 4.69) is 34.3 Å². The molecule has 0 fully saturated rings. The molecule has 0 aromatic heterocycles. The van der Waals surface area contributed by atoms with Crippen LogP contribution in [0.4, 0.5) is 10.5 Å². The van der Waals surface area contributed by atoms with Crippen LogP contribution in [0.3, 0.4) is 0 Å². The number of nitrogens with zero attached hydrogens (tertiary/aromatic N) is 5. The van der Waals surface area contributed by atoms with Crippen molar-refractivity contribution < 1.29 is 4.79 Å². The summed E-state index contributed by atoms with van der Waals surface area (Å²) in [6.45, 7) is 3.63. The number of carbonyl (C=O) groups is 1. The highest BCUT2D eigenvalue weighted by Gasteiger charge is 2.24. The van der Waals surface area contributed by atoms with E-state index >= 15 is 0 Å². The van der Waals surface area contributed by atoms with Gasteiger partial charge in [-0.2, -0.15) is 10.4 Å². The summed E-state index contributed by atoms with van der Waals surface area (Å²) in [5.74, 6) is 1.53. The van der Waals surface area contributed by atoms with Crippen molar-refractivity contribution in [3.8, 4) is 6.07 Å². The van der Waals surface area contributed by atoms with Crippen molar-refractivity contribution in [2.75, 3.05) is 30.8 Å². The third-order valence-corrected chi connectivity index (χ3v) is 6.16. The fourth-order valence-electron chi connectivity index (χ4n) is 3.79. The Morgan fingerprint density at radius 2 is 2.07 bits per heavy atom. The molecule has 152 valence electrons. The molecular weight excluding hydrogens is 394 g/mol. The largest absolute Gasteiger partial charge is 0.326 e. The number of hydrogen-bond acceptors (Lipinski definition) is 5. The molecule has 2 aliphatic heterocycles. The summed E-state index contributed by atoms with van der Waals surface area (Å²) < 4.78 is 0. The average molecular weight is 418 g/mol. The molecule has 7 heteroatoms. The lowest BCUT2D eigenvalue weighted by Crippen LogP contribution is -2.36. The van der Waals surface area contributed by atoms with Gasteiger partial charge in [-0.15, -0.1) is 0 Å². The summed E-state index contributed by atoms with van der Waals surface area (Å²) in [6, 6.07) is 16.2. The van der Waals surface area contributed by atoms with Gasteiger partial charge in [0, 0.05) is 37.1 Å². The molecule has 6 nitrogen and oxygen atoms in total. The van der Waals surface area contributed by atoms with Crippen molar-refractivity contribution >= 4 is 34.2 Å². The Morgan fingerprint density at radius 1 is 1.27 bits per heavy atom. The summed E-state index contributed by atoms with van der Waals surface area (Å²) in [5.41, 5.74) is 6.08. The van der Waals surface area contributed by atoms with Crippen LogP contribution < -0.4 is 4.90 Å². The summed E-state index contributed by atoms with van der Waals surface area (Å²) in [7, 11) is 1.69. The van der Waals surface area contributed by atoms with E-state index in [0.717, 1.165) is 47.7 Å². The van der Waals surface area contributed by atoms with Crippen LogP contribution in [0.2, 0.25) is 0 Å². The van der Waals surface area contributed by atoms with E-state index in [4.69, 9.17) is 10.3 Å². The number of aryl methyl sites for hydroxylation is 1. The molecule has 0 radical (unpaired) electrons. The molecule has 0 spiro atoms. The number of anilines is 1. The number of nitriles is 1. The Balaban J connectivity index is 1.69. The molecule has 0 unspecified atom stereocenters. The van der Waals surface area contributed by atoms with Gasteiger partial charge in [-0.25, -0.2) is 5.01 Å². The molecule has 2 heterocycles. The first-order valence-corrected chi connectivity index (χ1v) is 11.0. The van der Waals surface area contributed by atoms with Gasteiger partial charge in [0.25, 0.3) is 0 Å². The third-order valence-electron chi connectivity index (χ3n) is 5.23. The standard InChI is InChI=1S/C23H23N5OS/c1-3-25-22(17-8-6-16(14-24)7-9-17)28-12-4-5-19-13-18(10-11-21(19)28)20-15-30-23(29)27(2)26-20/h6-11,13H,3-5,12,15H2,1-2H3/b25-22-. The van der Waals surface area contributed by atoms with E-state index in [9.17, 15) is 4.79 Å². The number of hydrazone groups is 1. The quantitative estimate of drug-likeness (QED) is 0.552. The molecule has 0 N–H and O–H groups in total. The molecule has 0 aliphatic carbocycles. The second-order valence-electron chi connectivity index (χ2n) is 7.21. The van der Waals surface area contributed by atoms with E-state index in [1.54, 1.807) is 7.05 Å². The van der Waals surface area contributed by atoms with Crippen LogP contribution in [-0.4, -0.2) is 47.7 Å². The SMILES string of the molecule is CC/N=C(/c1ccc(C#N)cc1)N1CCCc2cc(C3=NN(C)C(=O)SC3)ccc21. The van der Waals surface area contributed by atoms with Gasteiger partial charge < -0.3 is 4.90 Å². The van der Waals surface area contributed by atoms with Gasteiger partial charge >= 0.3 is 5.24 Å². The zero-order valence-electron chi connectivity index (χ0n) is 17.1. The van der Waals surface area contributed by atoms with Crippen LogP contribution in [0.1, 0.15) is 35.6 Å². The van der Waals surface area contributed by atoms with Crippen molar-refractivity contribution in [3.05, 3.63) is 64.7 Å². The molecule has 0 saturated carbocycles. The number of hydrogen-bond donors (Lipinski definition) is 0. The molecule has 2 aromatic rings. The van der Waals surface area contributed by atoms with Gasteiger partial charge in [0.15, 0.2) is 0 Å². The molecule has 1 amide bonds. The monoisotopic (exact) mass is 417 g/mol. The number of benzene rings is 2. The maximum atomic E-state index is 11.7. The first-order chi connectivity index (χ1) is 14.6. The number of aliphatic imine (C=N–C) groups is 1. The van der Waals surface area contributed by atoms with Crippen molar-refractivity contribution in [1.82, 2.24) is 5.01 Å². The lowest BCUT2D eigenvalue weighted by Gasteiger charge is -2.33. The summed E-state index contributed by atoms with van der Waals surface area (Å²) in [4.78, 5) is 18.8. The van der Waals surface area contributed by atoms with Gasteiger partial charge in [0.05, 0.1) is 17.3 Å². The van der Waals surface area contributed by atoms with Gasteiger partial charge in [-0.1, -0.05) is 17.8 Å².